The molecule has 0 bridgehead atoms. The SMILES string of the molecule is CCNC(=NCC(C)c1cccs1)NCCCn1cc(C)cn1.I. The Kier molecular flexibility index (Phi) is 10.0. The van der Waals surface area contributed by atoms with E-state index in [1.165, 1.54) is 10.4 Å². The Morgan fingerprint density at radius 1 is 1.42 bits per heavy atom. The van der Waals surface area contributed by atoms with Crippen molar-refractivity contribution in [3.63, 3.8) is 0 Å². The Balaban J connectivity index is 0.00000288. The van der Waals surface area contributed by atoms with Crippen molar-refractivity contribution in [3.05, 3.63) is 40.3 Å². The number of aromatic nitrogens is 2. The van der Waals surface area contributed by atoms with E-state index in [-0.39, 0.29) is 24.0 Å². The summed E-state index contributed by atoms with van der Waals surface area (Å²) in [6, 6.07) is 4.28. The van der Waals surface area contributed by atoms with Gasteiger partial charge in [-0.3, -0.25) is 9.67 Å². The summed E-state index contributed by atoms with van der Waals surface area (Å²) in [4.78, 5) is 6.08. The van der Waals surface area contributed by atoms with Crippen LogP contribution in [0.1, 0.15) is 36.6 Å². The van der Waals surface area contributed by atoms with Gasteiger partial charge in [0.15, 0.2) is 5.96 Å². The van der Waals surface area contributed by atoms with Crippen LogP contribution in [0, 0.1) is 6.92 Å². The van der Waals surface area contributed by atoms with E-state index < -0.39 is 0 Å². The normalized spacial score (nSPS) is 12.5. The first-order valence-corrected chi connectivity index (χ1v) is 9.11. The van der Waals surface area contributed by atoms with Crippen LogP contribution in [0.4, 0.5) is 0 Å². The highest BCUT2D eigenvalue weighted by Gasteiger charge is 2.06. The first-order chi connectivity index (χ1) is 11.2. The van der Waals surface area contributed by atoms with Crippen molar-refractivity contribution in [1.82, 2.24) is 20.4 Å². The molecule has 2 rings (SSSR count). The zero-order chi connectivity index (χ0) is 16.5. The molecular formula is C17H28IN5S. The number of nitrogens with one attached hydrogen (secondary N) is 2. The Morgan fingerprint density at radius 3 is 2.88 bits per heavy atom. The Bertz CT molecular complexity index is 594. The van der Waals surface area contributed by atoms with E-state index in [4.69, 9.17) is 4.99 Å². The zero-order valence-corrected chi connectivity index (χ0v) is 17.8. The monoisotopic (exact) mass is 461 g/mol. The number of rotatable bonds is 8. The minimum absolute atomic E-state index is 0. The molecule has 1 unspecified atom stereocenters. The number of aryl methyl sites for hydroxylation is 2. The number of hydrogen-bond acceptors (Lipinski definition) is 3. The summed E-state index contributed by atoms with van der Waals surface area (Å²) >= 11 is 1.80. The molecular weight excluding hydrogens is 433 g/mol. The third-order valence-electron chi connectivity index (χ3n) is 3.52. The number of nitrogens with zero attached hydrogens (tertiary/aromatic N) is 3. The van der Waals surface area contributed by atoms with E-state index in [1.54, 1.807) is 11.3 Å². The van der Waals surface area contributed by atoms with E-state index in [9.17, 15) is 0 Å². The van der Waals surface area contributed by atoms with Crippen LogP contribution in [0.2, 0.25) is 0 Å². The van der Waals surface area contributed by atoms with Gasteiger partial charge in [-0.25, -0.2) is 0 Å². The maximum Gasteiger partial charge on any atom is 0.191 e. The number of aliphatic imine (C=N–C) groups is 1. The number of halogens is 1. The average Bonchev–Trinajstić information content (AvgIpc) is 3.20. The van der Waals surface area contributed by atoms with Crippen molar-refractivity contribution in [1.29, 1.82) is 0 Å². The summed E-state index contributed by atoms with van der Waals surface area (Å²) in [6.45, 7) is 9.85. The van der Waals surface area contributed by atoms with Gasteiger partial charge in [0.05, 0.1) is 12.7 Å². The molecule has 1 atom stereocenters. The molecule has 0 aliphatic carbocycles. The summed E-state index contributed by atoms with van der Waals surface area (Å²) in [6.07, 6.45) is 4.99. The lowest BCUT2D eigenvalue weighted by atomic mass is 10.1. The van der Waals surface area contributed by atoms with Crippen LogP contribution in [0.15, 0.2) is 34.9 Å². The van der Waals surface area contributed by atoms with Crippen LogP contribution in [0.5, 0.6) is 0 Å². The highest BCUT2D eigenvalue weighted by molar-refractivity contribution is 14.0. The van der Waals surface area contributed by atoms with Gasteiger partial charge in [0.25, 0.3) is 0 Å². The van der Waals surface area contributed by atoms with Gasteiger partial charge in [-0.15, -0.1) is 35.3 Å². The van der Waals surface area contributed by atoms with E-state index >= 15 is 0 Å². The first kappa shape index (κ1) is 21.0. The first-order valence-electron chi connectivity index (χ1n) is 8.23. The molecule has 2 aromatic heterocycles. The summed E-state index contributed by atoms with van der Waals surface area (Å²) in [5, 5.41) is 13.1. The molecule has 0 radical (unpaired) electrons. The largest absolute Gasteiger partial charge is 0.357 e. The highest BCUT2D eigenvalue weighted by Crippen LogP contribution is 2.20. The van der Waals surface area contributed by atoms with E-state index in [0.717, 1.165) is 38.6 Å². The average molecular weight is 461 g/mol. The smallest absolute Gasteiger partial charge is 0.191 e. The van der Waals surface area contributed by atoms with Crippen LogP contribution >= 0.6 is 35.3 Å². The van der Waals surface area contributed by atoms with Crippen molar-refractivity contribution in [2.75, 3.05) is 19.6 Å². The third kappa shape index (κ3) is 7.21. The highest BCUT2D eigenvalue weighted by atomic mass is 127. The topological polar surface area (TPSA) is 54.2 Å². The van der Waals surface area contributed by atoms with E-state index in [2.05, 4.69) is 60.2 Å². The van der Waals surface area contributed by atoms with Crippen LogP contribution in [-0.2, 0) is 6.54 Å². The molecule has 5 nitrogen and oxygen atoms in total. The molecule has 2 N–H and O–H groups in total. The summed E-state index contributed by atoms with van der Waals surface area (Å²) in [5.74, 6) is 1.35. The molecule has 0 fully saturated rings. The molecule has 24 heavy (non-hydrogen) atoms. The number of guanidine groups is 1. The molecule has 2 heterocycles. The van der Waals surface area contributed by atoms with Crippen molar-refractivity contribution in [2.24, 2.45) is 4.99 Å². The molecule has 0 spiro atoms. The lowest BCUT2D eigenvalue weighted by Crippen LogP contribution is -2.38. The maximum atomic E-state index is 4.70. The van der Waals surface area contributed by atoms with Gasteiger partial charge in [0.2, 0.25) is 0 Å². The van der Waals surface area contributed by atoms with Gasteiger partial charge >= 0.3 is 0 Å². The second-order valence-electron chi connectivity index (χ2n) is 5.70. The molecule has 0 aliphatic heterocycles. The maximum absolute atomic E-state index is 4.70. The van der Waals surface area contributed by atoms with Crippen molar-refractivity contribution < 1.29 is 0 Å². The minimum Gasteiger partial charge on any atom is -0.357 e. The van der Waals surface area contributed by atoms with Crippen LogP contribution < -0.4 is 10.6 Å². The molecule has 0 saturated heterocycles. The fourth-order valence-electron chi connectivity index (χ4n) is 2.27. The molecule has 0 aromatic carbocycles. The quantitative estimate of drug-likeness (QED) is 0.273. The lowest BCUT2D eigenvalue weighted by molar-refractivity contribution is 0.570. The van der Waals surface area contributed by atoms with Gasteiger partial charge in [0, 0.05) is 36.6 Å². The van der Waals surface area contributed by atoms with Crippen LogP contribution in [0.3, 0.4) is 0 Å². The molecule has 2 aromatic rings. The van der Waals surface area contributed by atoms with E-state index in [0.29, 0.717) is 5.92 Å². The zero-order valence-electron chi connectivity index (χ0n) is 14.7. The van der Waals surface area contributed by atoms with Crippen molar-refractivity contribution in [3.8, 4) is 0 Å². The predicted molar refractivity (Wildman–Crippen MR) is 114 cm³/mol. The Labute approximate surface area is 166 Å². The molecule has 0 amide bonds. The van der Waals surface area contributed by atoms with Gasteiger partial charge in [-0.2, -0.15) is 5.10 Å². The second-order valence-corrected chi connectivity index (χ2v) is 6.68. The fourth-order valence-corrected chi connectivity index (χ4v) is 3.05. The third-order valence-corrected chi connectivity index (χ3v) is 4.62. The number of hydrogen-bond donors (Lipinski definition) is 2. The summed E-state index contributed by atoms with van der Waals surface area (Å²) in [7, 11) is 0. The number of thiophene rings is 1. The summed E-state index contributed by atoms with van der Waals surface area (Å²) < 4.78 is 1.99. The summed E-state index contributed by atoms with van der Waals surface area (Å²) in [5.41, 5.74) is 1.20. The fraction of sp³-hybridized carbons (Fsp3) is 0.529. The van der Waals surface area contributed by atoms with Gasteiger partial charge in [-0.05, 0) is 37.3 Å². The van der Waals surface area contributed by atoms with Gasteiger partial charge in [0.1, 0.15) is 0 Å². The molecule has 7 heteroatoms. The van der Waals surface area contributed by atoms with Gasteiger partial charge < -0.3 is 10.6 Å². The Morgan fingerprint density at radius 2 is 2.25 bits per heavy atom. The van der Waals surface area contributed by atoms with Gasteiger partial charge in [-0.1, -0.05) is 13.0 Å². The van der Waals surface area contributed by atoms with Crippen LogP contribution in [-0.4, -0.2) is 35.4 Å². The molecule has 134 valence electrons. The van der Waals surface area contributed by atoms with Crippen molar-refractivity contribution >= 4 is 41.3 Å². The lowest BCUT2D eigenvalue weighted by Gasteiger charge is -2.13. The minimum atomic E-state index is 0. The Hall–Kier alpha value is -1.09. The molecule has 0 aliphatic rings. The standard InChI is InChI=1S/C17H27N5S.HI/c1-4-18-17(20-12-15(3)16-7-5-10-23-16)19-8-6-9-22-13-14(2)11-21-22;/h5,7,10-11,13,15H,4,6,8-9,12H2,1-3H3,(H2,18,19,20);1H. The van der Waals surface area contributed by atoms with Crippen LogP contribution in [0.25, 0.3) is 0 Å². The predicted octanol–water partition coefficient (Wildman–Crippen LogP) is 3.62. The second kappa shape index (κ2) is 11.5. The van der Waals surface area contributed by atoms with E-state index in [1.807, 2.05) is 10.9 Å². The van der Waals surface area contributed by atoms with Crippen molar-refractivity contribution in [2.45, 2.75) is 39.7 Å². The molecule has 0 saturated carbocycles.